The van der Waals surface area contributed by atoms with E-state index in [1.807, 2.05) is 24.5 Å². The van der Waals surface area contributed by atoms with Crippen molar-refractivity contribution in [3.63, 3.8) is 0 Å². The smallest absolute Gasteiger partial charge is 0.106 e. The summed E-state index contributed by atoms with van der Waals surface area (Å²) in [5.41, 5.74) is 1.78. The maximum absolute atomic E-state index is 9.52. The SMILES string of the molecule is CCC(C#N)(CCCn1cnc2ccccc21)NC(C)C. The lowest BCUT2D eigenvalue weighted by Crippen LogP contribution is -2.47. The molecule has 0 radical (unpaired) electrons. The summed E-state index contributed by atoms with van der Waals surface area (Å²) in [7, 11) is 0. The van der Waals surface area contributed by atoms with Crippen LogP contribution in [0.3, 0.4) is 0 Å². The van der Waals surface area contributed by atoms with Crippen molar-refractivity contribution in [1.82, 2.24) is 14.9 Å². The van der Waals surface area contributed by atoms with E-state index in [-0.39, 0.29) is 0 Å². The molecule has 0 aliphatic heterocycles. The molecule has 1 atom stereocenters. The number of nitrogens with one attached hydrogen (secondary N) is 1. The summed E-state index contributed by atoms with van der Waals surface area (Å²) in [6.45, 7) is 7.14. The number of imidazole rings is 1. The molecule has 0 saturated carbocycles. The Labute approximate surface area is 126 Å². The fourth-order valence-electron chi connectivity index (χ4n) is 2.81. The summed E-state index contributed by atoms with van der Waals surface area (Å²) in [4.78, 5) is 4.40. The molecule has 1 N–H and O–H groups in total. The van der Waals surface area contributed by atoms with Gasteiger partial charge in [-0.25, -0.2) is 4.98 Å². The molecule has 21 heavy (non-hydrogen) atoms. The van der Waals surface area contributed by atoms with Gasteiger partial charge in [0.25, 0.3) is 0 Å². The Hall–Kier alpha value is -1.86. The van der Waals surface area contributed by atoms with Gasteiger partial charge >= 0.3 is 0 Å². The van der Waals surface area contributed by atoms with Gasteiger partial charge in [0, 0.05) is 12.6 Å². The lowest BCUT2D eigenvalue weighted by molar-refractivity contribution is 0.330. The number of fused-ring (bicyclic) bond motifs is 1. The fourth-order valence-corrected chi connectivity index (χ4v) is 2.81. The molecule has 0 aliphatic rings. The molecule has 112 valence electrons. The standard InChI is InChI=1S/C17H24N4/c1-4-17(12-18,20-14(2)3)10-7-11-21-13-19-15-8-5-6-9-16(15)21/h5-6,8-9,13-14,20H,4,7,10-11H2,1-3H3. The number of hydrogen-bond acceptors (Lipinski definition) is 3. The van der Waals surface area contributed by atoms with Crippen molar-refractivity contribution in [2.45, 2.75) is 58.2 Å². The first-order chi connectivity index (χ1) is 10.1. The van der Waals surface area contributed by atoms with Crippen LogP contribution in [-0.4, -0.2) is 21.1 Å². The minimum Gasteiger partial charge on any atom is -0.331 e. The van der Waals surface area contributed by atoms with E-state index in [2.05, 4.69) is 47.8 Å². The number of hydrogen-bond donors (Lipinski definition) is 1. The van der Waals surface area contributed by atoms with E-state index in [1.165, 1.54) is 0 Å². The molecule has 1 unspecified atom stereocenters. The van der Waals surface area contributed by atoms with E-state index in [0.29, 0.717) is 6.04 Å². The monoisotopic (exact) mass is 284 g/mol. The van der Waals surface area contributed by atoms with Crippen LogP contribution in [0.15, 0.2) is 30.6 Å². The zero-order chi connectivity index (χ0) is 15.3. The highest BCUT2D eigenvalue weighted by Crippen LogP contribution is 2.19. The van der Waals surface area contributed by atoms with Gasteiger partial charge in [-0.05, 0) is 45.2 Å². The Kier molecular flexibility index (Phi) is 4.98. The molecule has 4 heteroatoms. The van der Waals surface area contributed by atoms with E-state index in [1.54, 1.807) is 0 Å². The third-order valence-corrected chi connectivity index (χ3v) is 3.91. The Morgan fingerprint density at radius 3 is 2.81 bits per heavy atom. The van der Waals surface area contributed by atoms with E-state index in [4.69, 9.17) is 0 Å². The molecule has 0 amide bonds. The van der Waals surface area contributed by atoms with Gasteiger partial charge < -0.3 is 4.57 Å². The summed E-state index contributed by atoms with van der Waals surface area (Å²) in [6.07, 6.45) is 4.53. The van der Waals surface area contributed by atoms with E-state index in [0.717, 1.165) is 36.8 Å². The lowest BCUT2D eigenvalue weighted by atomic mass is 9.91. The number of nitriles is 1. The van der Waals surface area contributed by atoms with Crippen molar-refractivity contribution < 1.29 is 0 Å². The van der Waals surface area contributed by atoms with Crippen LogP contribution in [0.25, 0.3) is 11.0 Å². The molecule has 4 nitrogen and oxygen atoms in total. The second kappa shape index (κ2) is 6.73. The molecule has 0 spiro atoms. The third-order valence-electron chi connectivity index (χ3n) is 3.91. The number of aromatic nitrogens is 2. The molecule has 0 aliphatic carbocycles. The van der Waals surface area contributed by atoms with Gasteiger partial charge in [0.05, 0.1) is 23.4 Å². The number of benzene rings is 1. The first kappa shape index (κ1) is 15.5. The molecule has 2 aromatic rings. The van der Waals surface area contributed by atoms with Gasteiger partial charge in [0.1, 0.15) is 5.54 Å². The van der Waals surface area contributed by atoms with Crippen molar-refractivity contribution in [3.05, 3.63) is 30.6 Å². The number of rotatable bonds is 7. The van der Waals surface area contributed by atoms with Gasteiger partial charge in [-0.3, -0.25) is 5.32 Å². The van der Waals surface area contributed by atoms with Gasteiger partial charge in [-0.1, -0.05) is 19.1 Å². The lowest BCUT2D eigenvalue weighted by Gasteiger charge is -2.29. The highest BCUT2D eigenvalue weighted by molar-refractivity contribution is 5.74. The minimum absolute atomic E-state index is 0.318. The van der Waals surface area contributed by atoms with Crippen LogP contribution < -0.4 is 5.32 Å². The van der Waals surface area contributed by atoms with Crippen molar-refractivity contribution in [2.24, 2.45) is 0 Å². The van der Waals surface area contributed by atoms with Crippen LogP contribution in [0, 0.1) is 11.3 Å². The predicted octanol–water partition coefficient (Wildman–Crippen LogP) is 3.49. The predicted molar refractivity (Wildman–Crippen MR) is 85.9 cm³/mol. The largest absolute Gasteiger partial charge is 0.331 e. The summed E-state index contributed by atoms with van der Waals surface area (Å²) in [5, 5.41) is 12.9. The molecule has 0 saturated heterocycles. The van der Waals surface area contributed by atoms with E-state index >= 15 is 0 Å². The molecule has 1 heterocycles. The van der Waals surface area contributed by atoms with Crippen LogP contribution >= 0.6 is 0 Å². The molecule has 0 fully saturated rings. The quantitative estimate of drug-likeness (QED) is 0.846. The molecule has 1 aromatic heterocycles. The van der Waals surface area contributed by atoms with Crippen molar-refractivity contribution in [1.29, 1.82) is 5.26 Å². The average Bonchev–Trinajstić information content (AvgIpc) is 2.89. The molecule has 2 rings (SSSR count). The highest BCUT2D eigenvalue weighted by atomic mass is 15.0. The second-order valence-corrected chi connectivity index (χ2v) is 5.88. The molecular weight excluding hydrogens is 260 g/mol. The Balaban J connectivity index is 2.01. The van der Waals surface area contributed by atoms with Crippen molar-refractivity contribution in [2.75, 3.05) is 0 Å². The van der Waals surface area contributed by atoms with Crippen LogP contribution in [-0.2, 0) is 6.54 Å². The fraction of sp³-hybridized carbons (Fsp3) is 0.529. The van der Waals surface area contributed by atoms with Crippen LogP contribution in [0.1, 0.15) is 40.0 Å². The first-order valence-corrected chi connectivity index (χ1v) is 7.69. The van der Waals surface area contributed by atoms with Gasteiger partial charge in [0.15, 0.2) is 0 Å². The van der Waals surface area contributed by atoms with Crippen LogP contribution in [0.2, 0.25) is 0 Å². The zero-order valence-corrected chi connectivity index (χ0v) is 13.1. The van der Waals surface area contributed by atoms with E-state index < -0.39 is 5.54 Å². The highest BCUT2D eigenvalue weighted by Gasteiger charge is 2.27. The van der Waals surface area contributed by atoms with Crippen molar-refractivity contribution in [3.8, 4) is 6.07 Å². The number of nitrogens with zero attached hydrogens (tertiary/aromatic N) is 3. The Morgan fingerprint density at radius 1 is 1.38 bits per heavy atom. The summed E-state index contributed by atoms with van der Waals surface area (Å²) in [5.74, 6) is 0. The maximum Gasteiger partial charge on any atom is 0.106 e. The average molecular weight is 284 g/mol. The van der Waals surface area contributed by atoms with E-state index in [9.17, 15) is 5.26 Å². The second-order valence-electron chi connectivity index (χ2n) is 5.88. The number of para-hydroxylation sites is 2. The minimum atomic E-state index is -0.412. The topological polar surface area (TPSA) is 53.6 Å². The van der Waals surface area contributed by atoms with Crippen molar-refractivity contribution >= 4 is 11.0 Å². The molecular formula is C17H24N4. The van der Waals surface area contributed by atoms with Gasteiger partial charge in [-0.15, -0.1) is 0 Å². The first-order valence-electron chi connectivity index (χ1n) is 7.69. The zero-order valence-electron chi connectivity index (χ0n) is 13.1. The van der Waals surface area contributed by atoms with Crippen LogP contribution in [0.5, 0.6) is 0 Å². The summed E-state index contributed by atoms with van der Waals surface area (Å²) < 4.78 is 2.17. The molecule has 0 bridgehead atoms. The third kappa shape index (κ3) is 3.62. The number of aryl methyl sites for hydroxylation is 1. The normalized spacial score (nSPS) is 14.2. The summed E-state index contributed by atoms with van der Waals surface area (Å²) in [6, 6.07) is 10.9. The van der Waals surface area contributed by atoms with Gasteiger partial charge in [0.2, 0.25) is 0 Å². The molecule has 1 aromatic carbocycles. The summed E-state index contributed by atoms with van der Waals surface area (Å²) >= 11 is 0. The Morgan fingerprint density at radius 2 is 2.14 bits per heavy atom. The Bertz CT molecular complexity index is 623. The maximum atomic E-state index is 9.52. The van der Waals surface area contributed by atoms with Crippen LogP contribution in [0.4, 0.5) is 0 Å². The van der Waals surface area contributed by atoms with Gasteiger partial charge in [-0.2, -0.15) is 5.26 Å².